The standard InChI is InChI=1S/C17H16ClFN4O/c1-23(2)16-9-12-11(5-6-20-17(12)21-16)15(22-24)8-10-3-4-14(19)13(18)7-10/h3-7,24H,8-9H2,1-2H3/b22-15+. The number of oxime groups is 1. The van der Waals surface area contributed by atoms with Crippen molar-refractivity contribution in [2.24, 2.45) is 10.1 Å². The van der Waals surface area contributed by atoms with Gasteiger partial charge in [0.25, 0.3) is 0 Å². The highest BCUT2D eigenvalue weighted by Gasteiger charge is 2.23. The van der Waals surface area contributed by atoms with Gasteiger partial charge in [0.1, 0.15) is 11.7 Å². The smallest absolute Gasteiger partial charge is 0.158 e. The molecule has 0 saturated carbocycles. The third kappa shape index (κ3) is 3.10. The first-order valence-electron chi connectivity index (χ1n) is 7.37. The fourth-order valence-electron chi connectivity index (χ4n) is 2.63. The second kappa shape index (κ2) is 6.57. The molecule has 0 atom stereocenters. The number of hydrogen-bond donors (Lipinski definition) is 1. The number of rotatable bonds is 3. The zero-order valence-electron chi connectivity index (χ0n) is 13.3. The number of amidine groups is 1. The molecule has 24 heavy (non-hydrogen) atoms. The van der Waals surface area contributed by atoms with E-state index in [1.54, 1.807) is 18.3 Å². The summed E-state index contributed by atoms with van der Waals surface area (Å²) in [6.07, 6.45) is 2.58. The highest BCUT2D eigenvalue weighted by Crippen LogP contribution is 2.29. The number of halogens is 2. The number of nitrogens with zero attached hydrogens (tertiary/aromatic N) is 4. The predicted molar refractivity (Wildman–Crippen MR) is 92.2 cm³/mol. The number of pyridine rings is 1. The highest BCUT2D eigenvalue weighted by atomic mass is 35.5. The van der Waals surface area contributed by atoms with Crippen molar-refractivity contribution in [3.8, 4) is 0 Å². The monoisotopic (exact) mass is 346 g/mol. The quantitative estimate of drug-likeness (QED) is 0.526. The van der Waals surface area contributed by atoms with Gasteiger partial charge in [-0.05, 0) is 23.8 Å². The fraction of sp³-hybridized carbons (Fsp3) is 0.235. The summed E-state index contributed by atoms with van der Waals surface area (Å²) in [6, 6.07) is 6.25. The molecule has 3 rings (SSSR count). The molecule has 0 spiro atoms. The normalized spacial score (nSPS) is 13.7. The van der Waals surface area contributed by atoms with E-state index in [9.17, 15) is 9.60 Å². The molecule has 2 aromatic rings. The summed E-state index contributed by atoms with van der Waals surface area (Å²) in [5.41, 5.74) is 2.92. The summed E-state index contributed by atoms with van der Waals surface area (Å²) >= 11 is 5.82. The van der Waals surface area contributed by atoms with E-state index in [-0.39, 0.29) is 5.02 Å². The van der Waals surface area contributed by atoms with Crippen molar-refractivity contribution in [3.63, 3.8) is 0 Å². The van der Waals surface area contributed by atoms with Crippen LogP contribution in [0.15, 0.2) is 40.6 Å². The molecule has 7 heteroatoms. The maximum absolute atomic E-state index is 13.3. The van der Waals surface area contributed by atoms with Gasteiger partial charge in [-0.25, -0.2) is 14.4 Å². The van der Waals surface area contributed by atoms with Crippen LogP contribution >= 0.6 is 11.6 Å². The second-order valence-corrected chi connectivity index (χ2v) is 6.14. The van der Waals surface area contributed by atoms with Crippen LogP contribution in [0.5, 0.6) is 0 Å². The largest absolute Gasteiger partial charge is 0.411 e. The maximum atomic E-state index is 13.3. The van der Waals surface area contributed by atoms with E-state index in [1.807, 2.05) is 19.0 Å². The Bertz CT molecular complexity index is 848. The number of benzene rings is 1. The topological polar surface area (TPSA) is 61.1 Å². The molecule has 1 aliphatic heterocycles. The first-order chi connectivity index (χ1) is 11.5. The zero-order chi connectivity index (χ0) is 17.3. The number of fused-ring (bicyclic) bond motifs is 1. The lowest BCUT2D eigenvalue weighted by Gasteiger charge is -2.12. The minimum atomic E-state index is -0.475. The molecule has 0 bridgehead atoms. The van der Waals surface area contributed by atoms with Crippen molar-refractivity contribution in [2.45, 2.75) is 12.8 Å². The molecule has 0 saturated heterocycles. The molecule has 0 aliphatic carbocycles. The summed E-state index contributed by atoms with van der Waals surface area (Å²) in [7, 11) is 3.85. The summed E-state index contributed by atoms with van der Waals surface area (Å²) in [5.74, 6) is 1.05. The lowest BCUT2D eigenvalue weighted by Crippen LogP contribution is -2.22. The van der Waals surface area contributed by atoms with Crippen LogP contribution < -0.4 is 0 Å². The van der Waals surface area contributed by atoms with Crippen LogP contribution in [-0.2, 0) is 12.8 Å². The van der Waals surface area contributed by atoms with Gasteiger partial charge >= 0.3 is 0 Å². The van der Waals surface area contributed by atoms with E-state index >= 15 is 0 Å². The summed E-state index contributed by atoms with van der Waals surface area (Å²) in [4.78, 5) is 10.7. The lowest BCUT2D eigenvalue weighted by molar-refractivity contribution is 0.318. The highest BCUT2D eigenvalue weighted by molar-refractivity contribution is 6.30. The number of hydrogen-bond acceptors (Lipinski definition) is 5. The van der Waals surface area contributed by atoms with Crippen LogP contribution in [0.25, 0.3) is 0 Å². The molecule has 0 fully saturated rings. The van der Waals surface area contributed by atoms with E-state index in [4.69, 9.17) is 11.6 Å². The van der Waals surface area contributed by atoms with Crippen molar-refractivity contribution < 1.29 is 9.60 Å². The molecular formula is C17H16ClFN4O. The van der Waals surface area contributed by atoms with Crippen LogP contribution in [-0.4, -0.2) is 40.7 Å². The maximum Gasteiger partial charge on any atom is 0.158 e. The molecular weight excluding hydrogens is 331 g/mol. The van der Waals surface area contributed by atoms with Gasteiger partial charge in [0, 0.05) is 44.3 Å². The Morgan fingerprint density at radius 2 is 2.17 bits per heavy atom. The van der Waals surface area contributed by atoms with Gasteiger partial charge in [-0.3, -0.25) is 0 Å². The molecule has 5 nitrogen and oxygen atoms in total. The minimum absolute atomic E-state index is 0.0444. The van der Waals surface area contributed by atoms with E-state index < -0.39 is 5.82 Å². The molecule has 1 aromatic carbocycles. The van der Waals surface area contributed by atoms with Crippen LogP contribution in [0.3, 0.4) is 0 Å². The predicted octanol–water partition coefficient (Wildman–Crippen LogP) is 3.44. The lowest BCUT2D eigenvalue weighted by atomic mass is 9.97. The van der Waals surface area contributed by atoms with E-state index in [0.29, 0.717) is 24.4 Å². The summed E-state index contributed by atoms with van der Waals surface area (Å²) in [6.45, 7) is 0. The van der Waals surface area contributed by atoms with Crippen molar-refractivity contribution in [1.82, 2.24) is 9.88 Å². The average Bonchev–Trinajstić information content (AvgIpc) is 3.00. The Labute approximate surface area is 144 Å². The molecule has 0 radical (unpaired) electrons. The Kier molecular flexibility index (Phi) is 4.49. The van der Waals surface area contributed by atoms with Crippen molar-refractivity contribution >= 4 is 29.0 Å². The van der Waals surface area contributed by atoms with E-state index in [1.165, 1.54) is 12.1 Å². The molecule has 1 N–H and O–H groups in total. The SMILES string of the molecule is CN(C)C1=Nc2nccc(/C(Cc3ccc(F)c(Cl)c3)=N/O)c2C1. The Morgan fingerprint density at radius 1 is 1.38 bits per heavy atom. The van der Waals surface area contributed by atoms with Crippen LogP contribution in [0.4, 0.5) is 10.2 Å². The van der Waals surface area contributed by atoms with Crippen LogP contribution in [0.2, 0.25) is 5.02 Å². The molecule has 124 valence electrons. The van der Waals surface area contributed by atoms with Gasteiger partial charge in [-0.2, -0.15) is 0 Å². The van der Waals surface area contributed by atoms with Crippen LogP contribution in [0.1, 0.15) is 16.7 Å². The zero-order valence-corrected chi connectivity index (χ0v) is 14.0. The van der Waals surface area contributed by atoms with Gasteiger partial charge in [0.15, 0.2) is 5.82 Å². The van der Waals surface area contributed by atoms with Gasteiger partial charge in [0.2, 0.25) is 0 Å². The molecule has 0 amide bonds. The van der Waals surface area contributed by atoms with Gasteiger partial charge < -0.3 is 10.1 Å². The third-order valence-electron chi connectivity index (χ3n) is 3.91. The van der Waals surface area contributed by atoms with Gasteiger partial charge in [-0.15, -0.1) is 0 Å². The van der Waals surface area contributed by atoms with Crippen molar-refractivity contribution in [1.29, 1.82) is 0 Å². The number of aliphatic imine (C=N–C) groups is 1. The molecule has 0 unspecified atom stereocenters. The first kappa shape index (κ1) is 16.4. The van der Waals surface area contributed by atoms with Crippen LogP contribution in [0, 0.1) is 5.82 Å². The molecule has 1 aliphatic rings. The first-order valence-corrected chi connectivity index (χ1v) is 7.75. The second-order valence-electron chi connectivity index (χ2n) is 5.73. The molecule has 2 heterocycles. The summed E-state index contributed by atoms with van der Waals surface area (Å²) in [5, 5.41) is 13.0. The van der Waals surface area contributed by atoms with E-state index in [0.717, 1.165) is 22.5 Å². The van der Waals surface area contributed by atoms with Gasteiger partial charge in [-0.1, -0.05) is 22.8 Å². The minimum Gasteiger partial charge on any atom is -0.411 e. The third-order valence-corrected chi connectivity index (χ3v) is 4.20. The molecule has 1 aromatic heterocycles. The Balaban J connectivity index is 1.92. The Morgan fingerprint density at radius 3 is 2.83 bits per heavy atom. The fourth-order valence-corrected chi connectivity index (χ4v) is 2.83. The summed E-state index contributed by atoms with van der Waals surface area (Å²) < 4.78 is 13.3. The van der Waals surface area contributed by atoms with E-state index in [2.05, 4.69) is 15.1 Å². The number of likely N-dealkylation sites (N-methyl/N-ethyl adjacent to an activating group) is 1. The average molecular weight is 347 g/mol. The van der Waals surface area contributed by atoms with Crippen molar-refractivity contribution in [3.05, 3.63) is 58.0 Å². The Hall–Kier alpha value is -2.47. The number of aromatic nitrogens is 1. The van der Waals surface area contributed by atoms with Gasteiger partial charge in [0.05, 0.1) is 10.7 Å². The van der Waals surface area contributed by atoms with Crippen molar-refractivity contribution in [2.75, 3.05) is 14.1 Å².